The number of halogens is 1. The minimum absolute atomic E-state index is 0.0198. The van der Waals surface area contributed by atoms with Crippen molar-refractivity contribution in [3.8, 4) is 34.5 Å². The van der Waals surface area contributed by atoms with Crippen molar-refractivity contribution in [1.29, 1.82) is 0 Å². The Morgan fingerprint density at radius 3 is 2.28 bits per heavy atom. The zero-order chi connectivity index (χ0) is 25.7. The maximum Gasteiger partial charge on any atom is 0.336 e. The molecular formula is C27H21ClO8. The van der Waals surface area contributed by atoms with Gasteiger partial charge in [0.2, 0.25) is 16.9 Å². The number of esters is 1. The van der Waals surface area contributed by atoms with E-state index in [0.29, 0.717) is 33.6 Å². The van der Waals surface area contributed by atoms with Crippen LogP contribution in [0.15, 0.2) is 76.1 Å². The molecule has 0 bridgehead atoms. The Labute approximate surface area is 211 Å². The first kappa shape index (κ1) is 24.7. The highest BCUT2D eigenvalue weighted by molar-refractivity contribution is 6.32. The molecule has 36 heavy (non-hydrogen) atoms. The molecule has 4 aromatic rings. The lowest BCUT2D eigenvalue weighted by Gasteiger charge is -2.12. The van der Waals surface area contributed by atoms with Gasteiger partial charge in [-0.1, -0.05) is 23.7 Å². The number of para-hydroxylation sites is 1. The van der Waals surface area contributed by atoms with E-state index in [4.69, 9.17) is 39.7 Å². The van der Waals surface area contributed by atoms with Crippen LogP contribution in [0.3, 0.4) is 0 Å². The Morgan fingerprint density at radius 1 is 0.889 bits per heavy atom. The smallest absolute Gasteiger partial charge is 0.336 e. The summed E-state index contributed by atoms with van der Waals surface area (Å²) >= 11 is 6.09. The fourth-order valence-corrected chi connectivity index (χ4v) is 3.56. The van der Waals surface area contributed by atoms with Crippen molar-refractivity contribution in [1.82, 2.24) is 0 Å². The Bertz CT molecular complexity index is 1480. The topological polar surface area (TPSA) is 93.4 Å². The van der Waals surface area contributed by atoms with Crippen molar-refractivity contribution in [2.75, 3.05) is 21.3 Å². The third kappa shape index (κ3) is 5.29. The van der Waals surface area contributed by atoms with Crippen LogP contribution in [-0.2, 0) is 4.79 Å². The average Bonchev–Trinajstić information content (AvgIpc) is 2.89. The highest BCUT2D eigenvalue weighted by Crippen LogP contribution is 2.38. The quantitative estimate of drug-likeness (QED) is 0.165. The van der Waals surface area contributed by atoms with Gasteiger partial charge in [0.1, 0.15) is 23.3 Å². The first-order valence-electron chi connectivity index (χ1n) is 10.6. The molecule has 0 aliphatic carbocycles. The van der Waals surface area contributed by atoms with Crippen LogP contribution in [-0.4, -0.2) is 27.3 Å². The predicted molar refractivity (Wildman–Crippen MR) is 135 cm³/mol. The van der Waals surface area contributed by atoms with E-state index in [1.54, 1.807) is 42.5 Å². The second kappa shape index (κ2) is 10.9. The van der Waals surface area contributed by atoms with Crippen molar-refractivity contribution in [2.24, 2.45) is 0 Å². The van der Waals surface area contributed by atoms with Crippen LogP contribution in [0.1, 0.15) is 5.56 Å². The number of ether oxygens (including phenoxy) is 5. The van der Waals surface area contributed by atoms with E-state index in [0.717, 1.165) is 0 Å². The number of carbonyl (C=O) groups excluding carboxylic acids is 1. The van der Waals surface area contributed by atoms with E-state index in [1.165, 1.54) is 51.9 Å². The lowest BCUT2D eigenvalue weighted by Crippen LogP contribution is -2.06. The van der Waals surface area contributed by atoms with Crippen molar-refractivity contribution in [2.45, 2.75) is 0 Å². The van der Waals surface area contributed by atoms with Crippen LogP contribution in [0, 0.1) is 0 Å². The monoisotopic (exact) mass is 508 g/mol. The summed E-state index contributed by atoms with van der Waals surface area (Å²) in [4.78, 5) is 25.2. The molecule has 0 saturated carbocycles. The molecule has 0 spiro atoms. The molecule has 0 aliphatic rings. The molecule has 0 amide bonds. The molecule has 0 atom stereocenters. The Kier molecular flexibility index (Phi) is 7.46. The molecule has 0 fully saturated rings. The van der Waals surface area contributed by atoms with Crippen molar-refractivity contribution < 1.29 is 32.9 Å². The van der Waals surface area contributed by atoms with Crippen LogP contribution in [0.25, 0.3) is 17.0 Å². The fourth-order valence-electron chi connectivity index (χ4n) is 3.38. The van der Waals surface area contributed by atoms with Crippen LogP contribution in [0.5, 0.6) is 34.5 Å². The first-order valence-corrected chi connectivity index (χ1v) is 11.0. The summed E-state index contributed by atoms with van der Waals surface area (Å²) in [6.07, 6.45) is 3.98. The third-order valence-electron chi connectivity index (χ3n) is 5.09. The molecule has 0 radical (unpaired) electrons. The van der Waals surface area contributed by atoms with Gasteiger partial charge in [-0.25, -0.2) is 4.79 Å². The lowest BCUT2D eigenvalue weighted by molar-refractivity contribution is -0.128. The van der Waals surface area contributed by atoms with E-state index in [1.807, 2.05) is 0 Å². The highest BCUT2D eigenvalue weighted by Gasteiger charge is 2.14. The van der Waals surface area contributed by atoms with E-state index in [-0.39, 0.29) is 22.5 Å². The van der Waals surface area contributed by atoms with Gasteiger partial charge in [0, 0.05) is 12.1 Å². The van der Waals surface area contributed by atoms with Crippen LogP contribution >= 0.6 is 11.6 Å². The summed E-state index contributed by atoms with van der Waals surface area (Å²) in [6, 6.07) is 14.6. The second-order valence-electron chi connectivity index (χ2n) is 7.33. The first-order chi connectivity index (χ1) is 17.4. The molecule has 4 rings (SSSR count). The number of methoxy groups -OCH3 is 3. The van der Waals surface area contributed by atoms with Gasteiger partial charge < -0.3 is 28.1 Å². The van der Waals surface area contributed by atoms with Crippen LogP contribution in [0.2, 0.25) is 5.02 Å². The maximum absolute atomic E-state index is 12.8. The Hall–Kier alpha value is -4.43. The molecule has 9 heteroatoms. The van der Waals surface area contributed by atoms with E-state index in [9.17, 15) is 9.59 Å². The van der Waals surface area contributed by atoms with Crippen LogP contribution < -0.4 is 29.1 Å². The minimum atomic E-state index is -0.635. The zero-order valence-corrected chi connectivity index (χ0v) is 20.3. The third-order valence-corrected chi connectivity index (χ3v) is 5.40. The van der Waals surface area contributed by atoms with E-state index in [2.05, 4.69) is 0 Å². The minimum Gasteiger partial charge on any atom is -0.493 e. The van der Waals surface area contributed by atoms with Gasteiger partial charge in [0.05, 0.1) is 31.7 Å². The van der Waals surface area contributed by atoms with Gasteiger partial charge >= 0.3 is 5.97 Å². The standard InChI is InChI=1S/C27H21ClO8/c1-31-22-12-16(13-23(32-2)27(22)33-3)8-11-25(29)35-17-9-10-18-21(14-17)34-15-24(26(18)30)36-20-7-5-4-6-19(20)28/h4-15H,1-3H3. The second-order valence-corrected chi connectivity index (χ2v) is 7.74. The van der Waals surface area contributed by atoms with E-state index >= 15 is 0 Å². The summed E-state index contributed by atoms with van der Waals surface area (Å²) in [5.74, 6) is 1.22. The molecule has 0 unspecified atom stereocenters. The zero-order valence-electron chi connectivity index (χ0n) is 19.6. The number of hydrogen-bond donors (Lipinski definition) is 0. The molecule has 1 heterocycles. The summed E-state index contributed by atoms with van der Waals surface area (Å²) in [5.41, 5.74) is 0.471. The highest BCUT2D eigenvalue weighted by atomic mass is 35.5. The summed E-state index contributed by atoms with van der Waals surface area (Å²) in [7, 11) is 4.51. The van der Waals surface area contributed by atoms with Gasteiger partial charge in [0.15, 0.2) is 11.5 Å². The normalized spacial score (nSPS) is 10.9. The fraction of sp³-hybridized carbons (Fsp3) is 0.111. The molecule has 0 N–H and O–H groups in total. The largest absolute Gasteiger partial charge is 0.493 e. The molecule has 1 aromatic heterocycles. The average molecular weight is 509 g/mol. The predicted octanol–water partition coefficient (Wildman–Crippen LogP) is 5.88. The number of fused-ring (bicyclic) bond motifs is 1. The van der Waals surface area contributed by atoms with Gasteiger partial charge in [0.25, 0.3) is 0 Å². The molecule has 8 nitrogen and oxygen atoms in total. The van der Waals surface area contributed by atoms with Gasteiger partial charge in [-0.2, -0.15) is 0 Å². The molecule has 3 aromatic carbocycles. The Morgan fingerprint density at radius 2 is 1.61 bits per heavy atom. The number of hydrogen-bond acceptors (Lipinski definition) is 8. The number of carbonyl (C=O) groups is 1. The summed E-state index contributed by atoms with van der Waals surface area (Å²) in [6.45, 7) is 0. The van der Waals surface area contributed by atoms with Crippen LogP contribution in [0.4, 0.5) is 0 Å². The number of rotatable bonds is 8. The lowest BCUT2D eigenvalue weighted by atomic mass is 10.1. The van der Waals surface area contributed by atoms with Gasteiger partial charge in [-0.05, 0) is 48.0 Å². The van der Waals surface area contributed by atoms with Crippen molar-refractivity contribution >= 4 is 34.6 Å². The SMILES string of the molecule is COc1cc(C=CC(=O)Oc2ccc3c(=O)c(Oc4ccccc4Cl)coc3c2)cc(OC)c1OC. The molecular weight excluding hydrogens is 488 g/mol. The molecule has 0 aliphatic heterocycles. The van der Waals surface area contributed by atoms with Gasteiger partial charge in [-0.15, -0.1) is 0 Å². The van der Waals surface area contributed by atoms with E-state index < -0.39 is 11.4 Å². The van der Waals surface area contributed by atoms with Gasteiger partial charge in [-0.3, -0.25) is 4.79 Å². The summed E-state index contributed by atoms with van der Waals surface area (Å²) < 4.78 is 32.4. The maximum atomic E-state index is 12.8. The molecule has 0 saturated heterocycles. The van der Waals surface area contributed by atoms with Crippen molar-refractivity contribution in [3.05, 3.63) is 87.7 Å². The number of benzene rings is 3. The van der Waals surface area contributed by atoms with Crippen molar-refractivity contribution in [3.63, 3.8) is 0 Å². The summed E-state index contributed by atoms with van der Waals surface area (Å²) in [5, 5.41) is 0.617. The Balaban J connectivity index is 1.51. The molecule has 184 valence electrons.